The van der Waals surface area contributed by atoms with Crippen LogP contribution in [0.25, 0.3) is 0 Å². The van der Waals surface area contributed by atoms with E-state index in [-0.39, 0.29) is 11.4 Å². The highest BCUT2D eigenvalue weighted by molar-refractivity contribution is 5.90. The molecule has 0 aliphatic rings. The number of carbonyl (C=O) groups is 1. The standard InChI is InChI=1S/C16H11NO4/c1-12-4-2-3-5-13(12)6-11-16(18)21-15-9-7-14(8-10-15)17(19)20/h2-5,7-10H,1H3. The van der Waals surface area contributed by atoms with Gasteiger partial charge in [0.25, 0.3) is 5.69 Å². The van der Waals surface area contributed by atoms with Gasteiger partial charge in [-0.05, 0) is 30.7 Å². The molecule has 0 N–H and O–H groups in total. The van der Waals surface area contributed by atoms with Gasteiger partial charge < -0.3 is 4.74 Å². The van der Waals surface area contributed by atoms with E-state index in [1.807, 2.05) is 31.2 Å². The van der Waals surface area contributed by atoms with E-state index in [1.165, 1.54) is 24.3 Å². The summed E-state index contributed by atoms with van der Waals surface area (Å²) in [6.45, 7) is 1.89. The molecule has 5 nitrogen and oxygen atoms in total. The first-order chi connectivity index (χ1) is 10.1. The van der Waals surface area contributed by atoms with Gasteiger partial charge in [-0.2, -0.15) is 0 Å². The van der Waals surface area contributed by atoms with Gasteiger partial charge in [0.2, 0.25) is 0 Å². The van der Waals surface area contributed by atoms with E-state index in [2.05, 4.69) is 11.8 Å². The number of carbonyl (C=O) groups excluding carboxylic acids is 1. The summed E-state index contributed by atoms with van der Waals surface area (Å²) in [6, 6.07) is 12.6. The van der Waals surface area contributed by atoms with Gasteiger partial charge in [0.1, 0.15) is 5.75 Å². The van der Waals surface area contributed by atoms with Gasteiger partial charge in [-0.1, -0.05) is 24.1 Å². The Morgan fingerprint density at radius 2 is 1.81 bits per heavy atom. The number of non-ortho nitro benzene ring substituents is 1. The Hall–Kier alpha value is -3.13. The summed E-state index contributed by atoms with van der Waals surface area (Å²) in [5.41, 5.74) is 1.65. The van der Waals surface area contributed by atoms with Crippen LogP contribution in [-0.2, 0) is 4.79 Å². The Morgan fingerprint density at radius 3 is 2.43 bits per heavy atom. The van der Waals surface area contributed by atoms with Crippen molar-refractivity contribution < 1.29 is 14.5 Å². The number of nitrogens with zero attached hydrogens (tertiary/aromatic N) is 1. The van der Waals surface area contributed by atoms with Gasteiger partial charge in [0, 0.05) is 23.6 Å². The number of aryl methyl sites for hydroxylation is 1. The van der Waals surface area contributed by atoms with E-state index in [1.54, 1.807) is 0 Å². The lowest BCUT2D eigenvalue weighted by Gasteiger charge is -1.99. The molecule has 5 heteroatoms. The van der Waals surface area contributed by atoms with Crippen LogP contribution in [0.1, 0.15) is 11.1 Å². The van der Waals surface area contributed by atoms with Gasteiger partial charge in [-0.25, -0.2) is 4.79 Å². The highest BCUT2D eigenvalue weighted by atomic mass is 16.6. The van der Waals surface area contributed by atoms with Crippen molar-refractivity contribution in [2.24, 2.45) is 0 Å². The fourth-order valence-electron chi connectivity index (χ4n) is 1.60. The Balaban J connectivity index is 2.06. The summed E-state index contributed by atoms with van der Waals surface area (Å²) >= 11 is 0. The summed E-state index contributed by atoms with van der Waals surface area (Å²) in [4.78, 5) is 21.6. The van der Waals surface area contributed by atoms with E-state index < -0.39 is 10.9 Å². The number of hydrogen-bond donors (Lipinski definition) is 0. The third kappa shape index (κ3) is 3.91. The minimum absolute atomic E-state index is 0.0687. The molecule has 0 aromatic heterocycles. The van der Waals surface area contributed by atoms with Crippen molar-refractivity contribution in [3.8, 4) is 17.6 Å². The van der Waals surface area contributed by atoms with Gasteiger partial charge >= 0.3 is 5.97 Å². The summed E-state index contributed by atoms with van der Waals surface area (Å²) in [5.74, 6) is 4.61. The van der Waals surface area contributed by atoms with Crippen molar-refractivity contribution in [3.05, 3.63) is 69.8 Å². The molecule has 21 heavy (non-hydrogen) atoms. The first-order valence-corrected chi connectivity index (χ1v) is 6.10. The molecular weight excluding hydrogens is 270 g/mol. The largest absolute Gasteiger partial charge is 0.417 e. The zero-order valence-corrected chi connectivity index (χ0v) is 11.2. The van der Waals surface area contributed by atoms with Crippen LogP contribution >= 0.6 is 0 Å². The predicted molar refractivity (Wildman–Crippen MR) is 76.8 cm³/mol. The number of benzene rings is 2. The minimum atomic E-state index is -0.716. The average molecular weight is 281 g/mol. The zero-order valence-electron chi connectivity index (χ0n) is 11.2. The van der Waals surface area contributed by atoms with Crippen LogP contribution in [0.5, 0.6) is 5.75 Å². The highest BCUT2D eigenvalue weighted by Crippen LogP contribution is 2.17. The van der Waals surface area contributed by atoms with Crippen molar-refractivity contribution in [2.75, 3.05) is 0 Å². The molecule has 0 radical (unpaired) electrons. The van der Waals surface area contributed by atoms with E-state index in [4.69, 9.17) is 4.74 Å². The van der Waals surface area contributed by atoms with Gasteiger partial charge in [-0.3, -0.25) is 10.1 Å². The van der Waals surface area contributed by atoms with Crippen molar-refractivity contribution in [3.63, 3.8) is 0 Å². The first-order valence-electron chi connectivity index (χ1n) is 6.10. The lowest BCUT2D eigenvalue weighted by atomic mass is 10.1. The monoisotopic (exact) mass is 281 g/mol. The van der Waals surface area contributed by atoms with Gasteiger partial charge in [0.15, 0.2) is 0 Å². The quantitative estimate of drug-likeness (QED) is 0.279. The summed E-state index contributed by atoms with van der Waals surface area (Å²) in [6.07, 6.45) is 0. The molecule has 0 spiro atoms. The van der Waals surface area contributed by atoms with Crippen LogP contribution in [0.3, 0.4) is 0 Å². The topological polar surface area (TPSA) is 69.4 Å². The minimum Gasteiger partial charge on any atom is -0.417 e. The molecule has 104 valence electrons. The van der Waals surface area contributed by atoms with Crippen molar-refractivity contribution in [1.82, 2.24) is 0 Å². The van der Waals surface area contributed by atoms with E-state index in [0.717, 1.165) is 11.1 Å². The molecule has 0 atom stereocenters. The highest BCUT2D eigenvalue weighted by Gasteiger charge is 2.06. The Morgan fingerprint density at radius 1 is 1.14 bits per heavy atom. The van der Waals surface area contributed by atoms with Crippen molar-refractivity contribution >= 4 is 11.7 Å². The summed E-state index contributed by atoms with van der Waals surface area (Å²) in [5, 5.41) is 10.5. The van der Waals surface area contributed by atoms with E-state index in [0.29, 0.717) is 0 Å². The maximum atomic E-state index is 11.6. The lowest BCUT2D eigenvalue weighted by Crippen LogP contribution is -2.04. The fourth-order valence-corrected chi connectivity index (χ4v) is 1.60. The average Bonchev–Trinajstić information content (AvgIpc) is 2.47. The molecule has 2 rings (SSSR count). The number of rotatable bonds is 2. The van der Waals surface area contributed by atoms with E-state index >= 15 is 0 Å². The molecule has 0 aliphatic heterocycles. The molecule has 0 aliphatic carbocycles. The molecule has 2 aromatic carbocycles. The maximum absolute atomic E-state index is 11.6. The summed E-state index contributed by atoms with van der Waals surface area (Å²) < 4.78 is 4.98. The lowest BCUT2D eigenvalue weighted by molar-refractivity contribution is -0.384. The molecule has 0 fully saturated rings. The normalized spacial score (nSPS) is 9.38. The van der Waals surface area contributed by atoms with Crippen LogP contribution in [0.2, 0.25) is 0 Å². The SMILES string of the molecule is Cc1ccccc1C#CC(=O)Oc1ccc([N+](=O)[O-])cc1. The third-order valence-corrected chi connectivity index (χ3v) is 2.70. The molecular formula is C16H11NO4. The summed E-state index contributed by atoms with van der Waals surface area (Å²) in [7, 11) is 0. The number of nitro benzene ring substituents is 1. The molecule has 0 heterocycles. The second kappa shape index (κ2) is 6.35. The number of nitro groups is 1. The fraction of sp³-hybridized carbons (Fsp3) is 0.0625. The molecule has 0 amide bonds. The molecule has 0 saturated heterocycles. The molecule has 0 saturated carbocycles. The van der Waals surface area contributed by atoms with Crippen molar-refractivity contribution in [2.45, 2.75) is 6.92 Å². The van der Waals surface area contributed by atoms with Crippen LogP contribution in [-0.4, -0.2) is 10.9 Å². The molecule has 2 aromatic rings. The second-order valence-electron chi connectivity index (χ2n) is 4.21. The zero-order chi connectivity index (χ0) is 15.2. The Bertz CT molecular complexity index is 739. The van der Waals surface area contributed by atoms with Gasteiger partial charge in [0.05, 0.1) is 4.92 Å². The van der Waals surface area contributed by atoms with Crippen molar-refractivity contribution in [1.29, 1.82) is 0 Å². The molecule has 0 bridgehead atoms. The van der Waals surface area contributed by atoms with Gasteiger partial charge in [-0.15, -0.1) is 0 Å². The second-order valence-corrected chi connectivity index (χ2v) is 4.21. The predicted octanol–water partition coefficient (Wildman–Crippen LogP) is 2.86. The Labute approximate surface area is 121 Å². The smallest absolute Gasteiger partial charge is 0.390 e. The number of hydrogen-bond acceptors (Lipinski definition) is 4. The molecule has 0 unspecified atom stereocenters. The number of ether oxygens (including phenoxy) is 1. The van der Waals surface area contributed by atoms with Crippen LogP contribution < -0.4 is 4.74 Å². The van der Waals surface area contributed by atoms with Crippen LogP contribution in [0.15, 0.2) is 48.5 Å². The Kier molecular flexibility index (Phi) is 4.32. The maximum Gasteiger partial charge on any atom is 0.390 e. The van der Waals surface area contributed by atoms with Crippen LogP contribution in [0.4, 0.5) is 5.69 Å². The van der Waals surface area contributed by atoms with E-state index in [9.17, 15) is 14.9 Å². The number of esters is 1. The third-order valence-electron chi connectivity index (χ3n) is 2.70. The van der Waals surface area contributed by atoms with Crippen LogP contribution in [0, 0.1) is 28.9 Å². The first kappa shape index (κ1) is 14.3.